The standard InChI is InChI=1S/C13H25F3N2/c1-10-4-6-12(7-5-10)18(3)11(2)8-17-9-13(14,15)16/h10-12,17H,4-9H2,1-3H3. The molecule has 0 aromatic carbocycles. The summed E-state index contributed by atoms with van der Waals surface area (Å²) in [6.07, 6.45) is 0.691. The van der Waals surface area contributed by atoms with Gasteiger partial charge in [0.15, 0.2) is 0 Å². The lowest BCUT2D eigenvalue weighted by Crippen LogP contribution is -2.46. The maximum atomic E-state index is 12.0. The lowest BCUT2D eigenvalue weighted by Gasteiger charge is -2.37. The number of hydrogen-bond acceptors (Lipinski definition) is 2. The summed E-state index contributed by atoms with van der Waals surface area (Å²) in [6, 6.07) is 0.676. The van der Waals surface area contributed by atoms with E-state index in [0.29, 0.717) is 12.6 Å². The Morgan fingerprint density at radius 1 is 1.22 bits per heavy atom. The second-order valence-electron chi connectivity index (χ2n) is 5.67. The van der Waals surface area contributed by atoms with Crippen molar-refractivity contribution in [2.45, 2.75) is 57.8 Å². The number of nitrogens with zero attached hydrogens (tertiary/aromatic N) is 1. The lowest BCUT2D eigenvalue weighted by atomic mass is 9.86. The first-order valence-corrected chi connectivity index (χ1v) is 6.79. The van der Waals surface area contributed by atoms with Crippen molar-refractivity contribution in [3.63, 3.8) is 0 Å². The van der Waals surface area contributed by atoms with Crippen LogP contribution in [0.2, 0.25) is 0 Å². The van der Waals surface area contributed by atoms with Crippen molar-refractivity contribution in [1.29, 1.82) is 0 Å². The van der Waals surface area contributed by atoms with Crippen molar-refractivity contribution in [2.75, 3.05) is 20.1 Å². The number of hydrogen-bond donors (Lipinski definition) is 1. The zero-order valence-corrected chi connectivity index (χ0v) is 11.6. The van der Waals surface area contributed by atoms with Crippen LogP contribution in [0.15, 0.2) is 0 Å². The molecule has 108 valence electrons. The first-order valence-electron chi connectivity index (χ1n) is 6.79. The lowest BCUT2D eigenvalue weighted by molar-refractivity contribution is -0.125. The highest BCUT2D eigenvalue weighted by atomic mass is 19.4. The van der Waals surface area contributed by atoms with Crippen LogP contribution in [0.1, 0.15) is 39.5 Å². The summed E-state index contributed by atoms with van der Waals surface area (Å²) in [7, 11) is 2.03. The van der Waals surface area contributed by atoms with Crippen LogP contribution in [0.25, 0.3) is 0 Å². The molecule has 1 aliphatic rings. The molecule has 0 amide bonds. The third-order valence-corrected chi connectivity index (χ3v) is 4.02. The molecule has 0 aliphatic heterocycles. The van der Waals surface area contributed by atoms with Gasteiger partial charge in [-0.2, -0.15) is 13.2 Å². The van der Waals surface area contributed by atoms with Crippen molar-refractivity contribution in [1.82, 2.24) is 10.2 Å². The van der Waals surface area contributed by atoms with Crippen molar-refractivity contribution in [3.8, 4) is 0 Å². The minimum absolute atomic E-state index is 0.144. The molecule has 1 fully saturated rings. The normalized spacial score (nSPS) is 27.5. The average molecular weight is 266 g/mol. The van der Waals surface area contributed by atoms with Crippen LogP contribution < -0.4 is 5.32 Å². The first-order chi connectivity index (χ1) is 8.29. The van der Waals surface area contributed by atoms with Crippen molar-refractivity contribution < 1.29 is 13.2 Å². The summed E-state index contributed by atoms with van der Waals surface area (Å²) in [6.45, 7) is 3.75. The summed E-state index contributed by atoms with van der Waals surface area (Å²) in [5.74, 6) is 0.799. The summed E-state index contributed by atoms with van der Waals surface area (Å²) in [5, 5.41) is 2.49. The van der Waals surface area contributed by atoms with E-state index in [0.717, 1.165) is 5.92 Å². The second-order valence-corrected chi connectivity index (χ2v) is 5.67. The van der Waals surface area contributed by atoms with Crippen LogP contribution in [0.3, 0.4) is 0 Å². The van der Waals surface area contributed by atoms with Crippen LogP contribution >= 0.6 is 0 Å². The van der Waals surface area contributed by atoms with Crippen LogP contribution in [0.5, 0.6) is 0 Å². The molecule has 0 bridgehead atoms. The van der Waals surface area contributed by atoms with E-state index in [1.165, 1.54) is 25.7 Å². The Bertz CT molecular complexity index is 235. The van der Waals surface area contributed by atoms with Gasteiger partial charge in [-0.1, -0.05) is 6.92 Å². The van der Waals surface area contributed by atoms with E-state index in [2.05, 4.69) is 17.1 Å². The maximum absolute atomic E-state index is 12.0. The summed E-state index contributed by atoms with van der Waals surface area (Å²) < 4.78 is 36.1. The minimum atomic E-state index is -4.11. The molecule has 1 rings (SSSR count). The van der Waals surface area contributed by atoms with Crippen molar-refractivity contribution in [3.05, 3.63) is 0 Å². The van der Waals surface area contributed by atoms with E-state index in [1.807, 2.05) is 14.0 Å². The number of likely N-dealkylation sites (N-methyl/N-ethyl adjacent to an activating group) is 1. The number of halogens is 3. The molecule has 0 radical (unpaired) electrons. The number of rotatable bonds is 5. The third kappa shape index (κ3) is 5.57. The van der Waals surface area contributed by atoms with Crippen LogP contribution in [0.4, 0.5) is 13.2 Å². The Kier molecular flexibility index (Phi) is 5.92. The summed E-state index contributed by atoms with van der Waals surface area (Å²) in [5.41, 5.74) is 0. The van der Waals surface area contributed by atoms with Gasteiger partial charge in [0.05, 0.1) is 6.54 Å². The average Bonchev–Trinajstić information content (AvgIpc) is 2.27. The molecule has 1 aliphatic carbocycles. The Hall–Kier alpha value is -0.290. The number of alkyl halides is 3. The van der Waals surface area contributed by atoms with Gasteiger partial charge in [0.1, 0.15) is 0 Å². The third-order valence-electron chi connectivity index (χ3n) is 4.02. The fraction of sp³-hybridized carbons (Fsp3) is 1.00. The predicted octanol–water partition coefficient (Wildman–Crippen LogP) is 3.04. The zero-order valence-electron chi connectivity index (χ0n) is 11.6. The Morgan fingerprint density at radius 3 is 2.28 bits per heavy atom. The molecule has 0 heterocycles. The van der Waals surface area contributed by atoms with Crippen LogP contribution in [0, 0.1) is 5.92 Å². The monoisotopic (exact) mass is 266 g/mol. The predicted molar refractivity (Wildman–Crippen MR) is 67.6 cm³/mol. The topological polar surface area (TPSA) is 15.3 Å². The molecule has 0 saturated heterocycles. The second kappa shape index (κ2) is 6.75. The molecule has 18 heavy (non-hydrogen) atoms. The molecule has 0 spiro atoms. The quantitative estimate of drug-likeness (QED) is 0.823. The molecule has 1 N–H and O–H groups in total. The van der Waals surface area contributed by atoms with Gasteiger partial charge in [-0.15, -0.1) is 0 Å². The van der Waals surface area contributed by atoms with Gasteiger partial charge in [-0.3, -0.25) is 4.90 Å². The smallest absolute Gasteiger partial charge is 0.307 e. The minimum Gasteiger partial charge on any atom is -0.307 e. The molecule has 0 aromatic rings. The molecular formula is C13H25F3N2. The maximum Gasteiger partial charge on any atom is 0.401 e. The highest BCUT2D eigenvalue weighted by Crippen LogP contribution is 2.27. The Labute approximate surface area is 108 Å². The van der Waals surface area contributed by atoms with Gasteiger partial charge in [-0.25, -0.2) is 0 Å². The van der Waals surface area contributed by atoms with Crippen LogP contribution in [-0.2, 0) is 0 Å². The fourth-order valence-corrected chi connectivity index (χ4v) is 2.58. The van der Waals surface area contributed by atoms with Gasteiger partial charge in [0.25, 0.3) is 0 Å². The Morgan fingerprint density at radius 2 is 1.78 bits per heavy atom. The van der Waals surface area contributed by atoms with E-state index in [9.17, 15) is 13.2 Å². The van der Waals surface area contributed by atoms with E-state index in [-0.39, 0.29) is 6.04 Å². The first kappa shape index (κ1) is 15.8. The van der Waals surface area contributed by atoms with E-state index >= 15 is 0 Å². The highest BCUT2D eigenvalue weighted by molar-refractivity contribution is 4.80. The molecule has 2 nitrogen and oxygen atoms in total. The van der Waals surface area contributed by atoms with Gasteiger partial charge in [0.2, 0.25) is 0 Å². The largest absolute Gasteiger partial charge is 0.401 e. The van der Waals surface area contributed by atoms with E-state index in [4.69, 9.17) is 0 Å². The molecule has 1 saturated carbocycles. The Balaban J connectivity index is 2.26. The van der Waals surface area contributed by atoms with E-state index in [1.54, 1.807) is 0 Å². The SMILES string of the molecule is CC1CCC(N(C)C(C)CNCC(F)(F)F)CC1. The van der Waals surface area contributed by atoms with Gasteiger partial charge >= 0.3 is 6.18 Å². The van der Waals surface area contributed by atoms with Crippen LogP contribution in [-0.4, -0.2) is 43.3 Å². The summed E-state index contributed by atoms with van der Waals surface area (Å²) in [4.78, 5) is 2.23. The molecular weight excluding hydrogens is 241 g/mol. The summed E-state index contributed by atoms with van der Waals surface area (Å²) >= 11 is 0. The van der Waals surface area contributed by atoms with Gasteiger partial charge in [-0.05, 0) is 45.6 Å². The number of nitrogens with one attached hydrogen (secondary N) is 1. The zero-order chi connectivity index (χ0) is 13.8. The molecule has 5 heteroatoms. The molecule has 1 unspecified atom stereocenters. The van der Waals surface area contributed by atoms with E-state index < -0.39 is 12.7 Å². The van der Waals surface area contributed by atoms with Crippen molar-refractivity contribution in [2.24, 2.45) is 5.92 Å². The van der Waals surface area contributed by atoms with Gasteiger partial charge < -0.3 is 5.32 Å². The fourth-order valence-electron chi connectivity index (χ4n) is 2.58. The van der Waals surface area contributed by atoms with Crippen molar-refractivity contribution >= 4 is 0 Å². The highest BCUT2D eigenvalue weighted by Gasteiger charge is 2.28. The van der Waals surface area contributed by atoms with Gasteiger partial charge in [0, 0.05) is 18.6 Å². The molecule has 1 atom stereocenters. The molecule has 0 aromatic heterocycles.